The molecule has 0 aliphatic heterocycles. The molecule has 0 saturated carbocycles. The molecular weight excluding hydrogens is 384 g/mol. The summed E-state index contributed by atoms with van der Waals surface area (Å²) in [5.74, 6) is -1.26. The van der Waals surface area contributed by atoms with E-state index in [0.29, 0.717) is 5.56 Å². The first-order valence-electron chi connectivity index (χ1n) is 8.42. The van der Waals surface area contributed by atoms with Gasteiger partial charge in [0, 0.05) is 6.42 Å². The third kappa shape index (κ3) is 6.07. The number of aromatic hydroxyl groups is 1. The van der Waals surface area contributed by atoms with Gasteiger partial charge in [0.25, 0.3) is 0 Å². The van der Waals surface area contributed by atoms with Crippen LogP contribution in [0.25, 0.3) is 0 Å². The summed E-state index contributed by atoms with van der Waals surface area (Å²) in [6.07, 6.45) is 0.128. The lowest BCUT2D eigenvalue weighted by Gasteiger charge is -2.17. The van der Waals surface area contributed by atoms with E-state index in [0.717, 1.165) is 5.56 Å². The highest BCUT2D eigenvalue weighted by atomic mass is 32.2. The zero-order chi connectivity index (χ0) is 20.7. The summed E-state index contributed by atoms with van der Waals surface area (Å²) in [7, 11) is -2.66. The van der Waals surface area contributed by atoms with Crippen molar-refractivity contribution in [3.05, 3.63) is 59.7 Å². The van der Waals surface area contributed by atoms with Gasteiger partial charge in [-0.3, -0.25) is 4.79 Å². The van der Waals surface area contributed by atoms with Crippen LogP contribution in [-0.4, -0.2) is 45.1 Å². The maximum absolute atomic E-state index is 12.2. The van der Waals surface area contributed by atoms with Crippen LogP contribution in [0.1, 0.15) is 11.1 Å². The van der Waals surface area contributed by atoms with Gasteiger partial charge in [0.05, 0.1) is 18.6 Å². The fourth-order valence-electron chi connectivity index (χ4n) is 2.41. The molecule has 0 spiro atoms. The van der Waals surface area contributed by atoms with Crippen molar-refractivity contribution in [3.8, 4) is 5.75 Å². The minimum atomic E-state index is -3.85. The third-order valence-electron chi connectivity index (χ3n) is 3.95. The fraction of sp³-hybridized carbons (Fsp3) is 0.263. The predicted octanol–water partition coefficient (Wildman–Crippen LogP) is 0.879. The van der Waals surface area contributed by atoms with Crippen molar-refractivity contribution in [2.45, 2.75) is 24.3 Å². The fourth-order valence-corrected chi connectivity index (χ4v) is 3.39. The molecule has 0 saturated heterocycles. The van der Waals surface area contributed by atoms with Gasteiger partial charge < -0.3 is 15.2 Å². The van der Waals surface area contributed by atoms with E-state index in [1.807, 2.05) is 6.92 Å². The van der Waals surface area contributed by atoms with Gasteiger partial charge in [-0.2, -0.15) is 0 Å². The van der Waals surface area contributed by atoms with Gasteiger partial charge in [-0.1, -0.05) is 29.8 Å². The van der Waals surface area contributed by atoms with Crippen molar-refractivity contribution in [3.63, 3.8) is 0 Å². The second-order valence-corrected chi connectivity index (χ2v) is 7.92. The Morgan fingerprint density at radius 2 is 1.68 bits per heavy atom. The lowest BCUT2D eigenvalue weighted by atomic mass is 10.1. The molecular formula is C19H22N2O6S. The summed E-state index contributed by atoms with van der Waals surface area (Å²) in [5, 5.41) is 11.8. The van der Waals surface area contributed by atoms with Crippen molar-refractivity contribution in [2.75, 3.05) is 13.7 Å². The van der Waals surface area contributed by atoms with Gasteiger partial charge in [0.1, 0.15) is 11.8 Å². The zero-order valence-electron chi connectivity index (χ0n) is 15.5. The molecule has 1 amide bonds. The molecule has 0 aliphatic carbocycles. The number of methoxy groups -OCH3 is 1. The van der Waals surface area contributed by atoms with Crippen LogP contribution in [0.5, 0.6) is 5.75 Å². The number of phenols is 1. The summed E-state index contributed by atoms with van der Waals surface area (Å²) >= 11 is 0. The number of hydrogen-bond acceptors (Lipinski definition) is 6. The van der Waals surface area contributed by atoms with Crippen LogP contribution in [-0.2, 0) is 30.8 Å². The first-order valence-corrected chi connectivity index (χ1v) is 9.91. The van der Waals surface area contributed by atoms with E-state index in [1.165, 1.54) is 31.4 Å². The first kappa shape index (κ1) is 21.4. The monoisotopic (exact) mass is 406 g/mol. The molecule has 28 heavy (non-hydrogen) atoms. The van der Waals surface area contributed by atoms with Crippen molar-refractivity contribution < 1.29 is 27.9 Å². The van der Waals surface area contributed by atoms with Crippen LogP contribution < -0.4 is 10.0 Å². The van der Waals surface area contributed by atoms with E-state index in [4.69, 9.17) is 4.74 Å². The van der Waals surface area contributed by atoms with Crippen molar-refractivity contribution in [1.82, 2.24) is 10.0 Å². The molecule has 0 heterocycles. The van der Waals surface area contributed by atoms with Gasteiger partial charge >= 0.3 is 5.97 Å². The maximum Gasteiger partial charge on any atom is 0.328 e. The Bertz CT molecular complexity index is 924. The third-order valence-corrected chi connectivity index (χ3v) is 5.37. The molecule has 9 heteroatoms. The van der Waals surface area contributed by atoms with E-state index in [-0.39, 0.29) is 17.1 Å². The molecule has 8 nitrogen and oxygen atoms in total. The Labute approximate surface area is 163 Å². The van der Waals surface area contributed by atoms with E-state index in [1.54, 1.807) is 24.3 Å². The molecule has 0 radical (unpaired) electrons. The number of amides is 1. The lowest BCUT2D eigenvalue weighted by molar-refractivity contribution is -0.144. The number of nitrogens with one attached hydrogen (secondary N) is 2. The highest BCUT2D eigenvalue weighted by Crippen LogP contribution is 2.12. The van der Waals surface area contributed by atoms with E-state index in [2.05, 4.69) is 10.0 Å². The minimum absolute atomic E-state index is 0.0412. The Kier molecular flexibility index (Phi) is 7.13. The zero-order valence-corrected chi connectivity index (χ0v) is 16.3. The number of esters is 1. The van der Waals surface area contributed by atoms with Gasteiger partial charge in [0.15, 0.2) is 0 Å². The SMILES string of the molecule is COC(=O)[C@@H](Cc1ccc(O)cc1)NC(=O)CNS(=O)(=O)c1ccc(C)cc1. The molecule has 2 aromatic carbocycles. The summed E-state index contributed by atoms with van der Waals surface area (Å²) in [6.45, 7) is 1.30. The molecule has 2 rings (SSSR count). The molecule has 0 fully saturated rings. The summed E-state index contributed by atoms with van der Waals surface area (Å²) < 4.78 is 31.4. The number of rotatable bonds is 8. The Morgan fingerprint density at radius 3 is 2.25 bits per heavy atom. The van der Waals surface area contributed by atoms with Gasteiger partial charge in [-0.05, 0) is 36.8 Å². The standard InChI is InChI=1S/C19H22N2O6S/c1-13-3-9-16(10-4-13)28(25,26)20-12-18(23)21-17(19(24)27-2)11-14-5-7-15(22)8-6-14/h3-10,17,20,22H,11-12H2,1-2H3,(H,21,23)/t17-/m1/s1. The van der Waals surface area contributed by atoms with Crippen molar-refractivity contribution >= 4 is 21.9 Å². The lowest BCUT2D eigenvalue weighted by Crippen LogP contribution is -2.47. The highest BCUT2D eigenvalue weighted by molar-refractivity contribution is 7.89. The number of ether oxygens (including phenoxy) is 1. The van der Waals surface area contributed by atoms with Crippen molar-refractivity contribution in [1.29, 1.82) is 0 Å². The van der Waals surface area contributed by atoms with Crippen LogP contribution in [0.15, 0.2) is 53.4 Å². The second kappa shape index (κ2) is 9.34. The molecule has 2 aromatic rings. The Balaban J connectivity index is 1.99. The summed E-state index contributed by atoms with van der Waals surface area (Å²) in [6, 6.07) is 11.3. The summed E-state index contributed by atoms with van der Waals surface area (Å²) in [4.78, 5) is 24.2. The molecule has 150 valence electrons. The Morgan fingerprint density at radius 1 is 1.07 bits per heavy atom. The number of benzene rings is 2. The van der Waals surface area contributed by atoms with Crippen LogP contribution in [0.3, 0.4) is 0 Å². The van der Waals surface area contributed by atoms with Gasteiger partial charge in [-0.25, -0.2) is 17.9 Å². The average molecular weight is 406 g/mol. The quantitative estimate of drug-likeness (QED) is 0.560. The largest absolute Gasteiger partial charge is 0.508 e. The molecule has 0 aromatic heterocycles. The van der Waals surface area contributed by atoms with Gasteiger partial charge in [0.2, 0.25) is 15.9 Å². The Hall–Kier alpha value is -2.91. The number of carbonyl (C=O) groups is 2. The topological polar surface area (TPSA) is 122 Å². The molecule has 3 N–H and O–H groups in total. The molecule has 0 unspecified atom stereocenters. The number of phenolic OH excluding ortho intramolecular Hbond substituents is 1. The average Bonchev–Trinajstić information content (AvgIpc) is 2.67. The molecule has 0 bridgehead atoms. The molecule has 0 aliphatic rings. The normalized spacial score (nSPS) is 12.2. The van der Waals surface area contributed by atoms with Crippen LogP contribution >= 0.6 is 0 Å². The minimum Gasteiger partial charge on any atom is -0.508 e. The van der Waals surface area contributed by atoms with Crippen LogP contribution in [0, 0.1) is 6.92 Å². The van der Waals surface area contributed by atoms with Gasteiger partial charge in [-0.15, -0.1) is 0 Å². The number of aryl methyl sites for hydroxylation is 1. The maximum atomic E-state index is 12.2. The first-order chi connectivity index (χ1) is 13.2. The van der Waals surface area contributed by atoms with E-state index < -0.39 is 34.5 Å². The van der Waals surface area contributed by atoms with E-state index >= 15 is 0 Å². The number of hydrogen-bond donors (Lipinski definition) is 3. The highest BCUT2D eigenvalue weighted by Gasteiger charge is 2.23. The van der Waals surface area contributed by atoms with Crippen molar-refractivity contribution in [2.24, 2.45) is 0 Å². The van der Waals surface area contributed by atoms with Crippen LogP contribution in [0.4, 0.5) is 0 Å². The number of carbonyl (C=O) groups excluding carboxylic acids is 2. The second-order valence-electron chi connectivity index (χ2n) is 6.15. The summed E-state index contributed by atoms with van der Waals surface area (Å²) in [5.41, 5.74) is 1.60. The smallest absolute Gasteiger partial charge is 0.328 e. The molecule has 1 atom stereocenters. The van der Waals surface area contributed by atoms with E-state index in [9.17, 15) is 23.1 Å². The number of sulfonamides is 1. The van der Waals surface area contributed by atoms with Crippen LogP contribution in [0.2, 0.25) is 0 Å². The predicted molar refractivity (Wildman–Crippen MR) is 102 cm³/mol.